The number of hydrogen-bond donors (Lipinski definition) is 1. The molecule has 0 saturated heterocycles. The summed E-state index contributed by atoms with van der Waals surface area (Å²) in [7, 11) is 0. The first-order valence-electron chi connectivity index (χ1n) is 5.40. The third-order valence-electron chi connectivity index (χ3n) is 2.31. The van der Waals surface area contributed by atoms with Crippen LogP contribution in [-0.4, -0.2) is 21.3 Å². The minimum atomic E-state index is -0.657. The molecule has 6 heteroatoms. The summed E-state index contributed by atoms with van der Waals surface area (Å²) in [6.07, 6.45) is 4.38. The van der Waals surface area contributed by atoms with Crippen LogP contribution in [0.5, 0.6) is 5.75 Å². The van der Waals surface area contributed by atoms with E-state index in [9.17, 15) is 9.90 Å². The van der Waals surface area contributed by atoms with Gasteiger partial charge in [0.25, 0.3) is 0 Å². The van der Waals surface area contributed by atoms with Crippen LogP contribution in [0.1, 0.15) is 16.9 Å². The molecule has 0 radical (unpaired) electrons. The lowest BCUT2D eigenvalue weighted by Gasteiger charge is -1.99. The van der Waals surface area contributed by atoms with Crippen molar-refractivity contribution in [2.24, 2.45) is 4.99 Å². The molecule has 1 N–H and O–H groups in total. The fourth-order valence-electron chi connectivity index (χ4n) is 1.41. The normalized spacial score (nSPS) is 10.8. The van der Waals surface area contributed by atoms with Gasteiger partial charge in [0.05, 0.1) is 0 Å². The fourth-order valence-corrected chi connectivity index (χ4v) is 1.58. The molecule has 0 bridgehead atoms. The van der Waals surface area contributed by atoms with Crippen LogP contribution in [0.4, 0.5) is 0 Å². The third-order valence-corrected chi connectivity index (χ3v) is 2.65. The Morgan fingerprint density at radius 2 is 2.37 bits per heavy atom. The van der Waals surface area contributed by atoms with Crippen LogP contribution >= 0.6 is 12.2 Å². The monoisotopic (exact) mass is 274 g/mol. The fraction of sp³-hybridized carbons (Fsp3) is 0.0769. The summed E-state index contributed by atoms with van der Waals surface area (Å²) in [5, 5.41) is 9.65. The molecule has 0 aromatic carbocycles. The first-order valence-corrected chi connectivity index (χ1v) is 5.81. The van der Waals surface area contributed by atoms with E-state index >= 15 is 0 Å². The molecule has 2 rings (SSSR count). The van der Waals surface area contributed by atoms with E-state index in [0.717, 1.165) is 0 Å². The third kappa shape index (κ3) is 3.11. The lowest BCUT2D eigenvalue weighted by atomic mass is 10.2. The van der Waals surface area contributed by atoms with Crippen LogP contribution in [0.15, 0.2) is 44.8 Å². The molecule has 2 aromatic rings. The van der Waals surface area contributed by atoms with Crippen LogP contribution in [-0.2, 0) is 0 Å². The highest BCUT2D eigenvalue weighted by molar-refractivity contribution is 7.80. The number of hydrogen-bond acceptors (Lipinski definition) is 5. The zero-order valence-electron chi connectivity index (χ0n) is 10.0. The lowest BCUT2D eigenvalue weighted by molar-refractivity contribution is 0.433. The highest BCUT2D eigenvalue weighted by Crippen LogP contribution is 2.12. The van der Waals surface area contributed by atoms with Crippen molar-refractivity contribution >= 4 is 23.4 Å². The molecule has 0 aliphatic carbocycles. The molecule has 2 heterocycles. The minimum absolute atomic E-state index is 0.0307. The van der Waals surface area contributed by atoms with E-state index in [1.165, 1.54) is 12.3 Å². The maximum Gasteiger partial charge on any atom is 0.348 e. The van der Waals surface area contributed by atoms with Crippen molar-refractivity contribution in [2.45, 2.75) is 6.92 Å². The van der Waals surface area contributed by atoms with E-state index in [1.807, 2.05) is 0 Å². The summed E-state index contributed by atoms with van der Waals surface area (Å²) in [5.74, 6) is 0.140. The van der Waals surface area contributed by atoms with E-state index in [4.69, 9.17) is 16.6 Å². The molecule has 0 aliphatic heterocycles. The van der Waals surface area contributed by atoms with Crippen LogP contribution in [0.25, 0.3) is 0 Å². The Bertz CT molecular complexity index is 693. The van der Waals surface area contributed by atoms with Crippen molar-refractivity contribution in [3.05, 3.63) is 57.9 Å². The quantitative estimate of drug-likeness (QED) is 0.668. The summed E-state index contributed by atoms with van der Waals surface area (Å²) in [4.78, 5) is 19.7. The van der Waals surface area contributed by atoms with Crippen molar-refractivity contribution in [1.29, 1.82) is 0 Å². The average Bonchev–Trinajstić information content (AvgIpc) is 2.38. The summed E-state index contributed by atoms with van der Waals surface area (Å²) >= 11 is 5.08. The van der Waals surface area contributed by atoms with Gasteiger partial charge in [-0.15, -0.1) is 0 Å². The highest BCUT2D eigenvalue weighted by atomic mass is 32.1. The van der Waals surface area contributed by atoms with Crippen LogP contribution in [0, 0.1) is 6.92 Å². The van der Waals surface area contributed by atoms with Gasteiger partial charge in [0.1, 0.15) is 22.1 Å². The molecule has 19 heavy (non-hydrogen) atoms. The zero-order valence-corrected chi connectivity index (χ0v) is 10.8. The SMILES string of the molecule is Cc1cc(O)c(C=NC(=S)c2cccnc2)c(=O)o1. The molecule has 0 fully saturated rings. The van der Waals surface area contributed by atoms with Gasteiger partial charge in [0.15, 0.2) is 0 Å². The molecule has 0 spiro atoms. The first-order chi connectivity index (χ1) is 9.08. The van der Waals surface area contributed by atoms with Crippen molar-refractivity contribution in [2.75, 3.05) is 0 Å². The van der Waals surface area contributed by atoms with E-state index in [2.05, 4.69) is 9.98 Å². The van der Waals surface area contributed by atoms with Gasteiger partial charge < -0.3 is 9.52 Å². The summed E-state index contributed by atoms with van der Waals surface area (Å²) in [6, 6.07) is 4.83. The van der Waals surface area contributed by atoms with Gasteiger partial charge >= 0.3 is 5.63 Å². The smallest absolute Gasteiger partial charge is 0.348 e. The maximum absolute atomic E-state index is 11.5. The van der Waals surface area contributed by atoms with Gasteiger partial charge in [-0.05, 0) is 19.1 Å². The van der Waals surface area contributed by atoms with Gasteiger partial charge in [-0.1, -0.05) is 12.2 Å². The predicted octanol–water partition coefficient (Wildman–Crippen LogP) is 1.84. The Kier molecular flexibility index (Phi) is 3.82. The largest absolute Gasteiger partial charge is 0.507 e. The molecule has 0 aliphatic rings. The molecule has 0 unspecified atom stereocenters. The molecule has 2 aromatic heterocycles. The first kappa shape index (κ1) is 13.1. The Morgan fingerprint density at radius 3 is 3.00 bits per heavy atom. The highest BCUT2D eigenvalue weighted by Gasteiger charge is 2.07. The van der Waals surface area contributed by atoms with Gasteiger partial charge in [0.2, 0.25) is 0 Å². The Labute approximate surface area is 114 Å². The molecular formula is C13H10N2O3S. The number of aromatic hydroxyl groups is 1. The van der Waals surface area contributed by atoms with Gasteiger partial charge in [-0.3, -0.25) is 4.98 Å². The Balaban J connectivity index is 2.30. The van der Waals surface area contributed by atoms with Crippen LogP contribution in [0.2, 0.25) is 0 Å². The second-order valence-electron chi connectivity index (χ2n) is 3.75. The number of rotatable bonds is 2. The lowest BCUT2D eigenvalue weighted by Crippen LogP contribution is -2.08. The van der Waals surface area contributed by atoms with E-state index in [-0.39, 0.29) is 16.3 Å². The van der Waals surface area contributed by atoms with Crippen molar-refractivity contribution in [1.82, 2.24) is 4.98 Å². The summed E-state index contributed by atoms with van der Waals surface area (Å²) < 4.78 is 4.86. The Morgan fingerprint density at radius 1 is 1.58 bits per heavy atom. The second-order valence-corrected chi connectivity index (χ2v) is 4.14. The average molecular weight is 274 g/mol. The predicted molar refractivity (Wildman–Crippen MR) is 74.9 cm³/mol. The molecule has 0 saturated carbocycles. The minimum Gasteiger partial charge on any atom is -0.507 e. The molecular weight excluding hydrogens is 264 g/mol. The molecule has 0 atom stereocenters. The standard InChI is InChI=1S/C13H10N2O3S/c1-8-5-11(16)10(13(17)18-8)7-15-12(19)9-3-2-4-14-6-9/h2-7,16H,1H3. The number of aromatic nitrogens is 1. The molecule has 0 amide bonds. The van der Waals surface area contributed by atoms with Crippen molar-refractivity contribution in [3.8, 4) is 5.75 Å². The van der Waals surface area contributed by atoms with E-state index in [0.29, 0.717) is 11.3 Å². The number of aliphatic imine (C=N–C) groups is 1. The van der Waals surface area contributed by atoms with Crippen molar-refractivity contribution < 1.29 is 9.52 Å². The number of pyridine rings is 1. The number of thiocarbonyl (C=S) groups is 1. The Hall–Kier alpha value is -2.34. The number of nitrogens with zero attached hydrogens (tertiary/aromatic N) is 2. The van der Waals surface area contributed by atoms with Crippen LogP contribution in [0.3, 0.4) is 0 Å². The summed E-state index contributed by atoms with van der Waals surface area (Å²) in [6.45, 7) is 1.57. The number of aryl methyl sites for hydroxylation is 1. The molecule has 96 valence electrons. The van der Waals surface area contributed by atoms with Gasteiger partial charge in [-0.2, -0.15) is 0 Å². The van der Waals surface area contributed by atoms with Crippen LogP contribution < -0.4 is 5.63 Å². The maximum atomic E-state index is 11.5. The summed E-state index contributed by atoms with van der Waals surface area (Å²) in [5.41, 5.74) is -0.0307. The van der Waals surface area contributed by atoms with Crippen molar-refractivity contribution in [3.63, 3.8) is 0 Å². The van der Waals surface area contributed by atoms with Gasteiger partial charge in [-0.25, -0.2) is 9.79 Å². The van der Waals surface area contributed by atoms with E-state index < -0.39 is 5.63 Å². The van der Waals surface area contributed by atoms with Gasteiger partial charge in [0, 0.05) is 30.2 Å². The van der Waals surface area contributed by atoms with E-state index in [1.54, 1.807) is 31.5 Å². The topological polar surface area (TPSA) is 75.7 Å². The second kappa shape index (κ2) is 5.53. The zero-order chi connectivity index (χ0) is 13.8. The molecule has 5 nitrogen and oxygen atoms in total.